The van der Waals surface area contributed by atoms with Crippen LogP contribution in [-0.2, 0) is 16.0 Å². The van der Waals surface area contributed by atoms with E-state index in [0.717, 1.165) is 34.4 Å². The number of nitrogens with zero attached hydrogens (tertiary/aromatic N) is 1. The minimum atomic E-state index is -0.656. The van der Waals surface area contributed by atoms with Gasteiger partial charge in [-0.05, 0) is 74.8 Å². The van der Waals surface area contributed by atoms with Crippen LogP contribution >= 0.6 is 11.6 Å². The lowest BCUT2D eigenvalue weighted by Crippen LogP contribution is -2.32. The number of rotatable bonds is 3. The van der Waals surface area contributed by atoms with Crippen LogP contribution in [0.15, 0.2) is 41.5 Å². The van der Waals surface area contributed by atoms with E-state index in [1.807, 2.05) is 26.0 Å². The molecule has 0 bridgehead atoms. The van der Waals surface area contributed by atoms with Crippen molar-refractivity contribution in [3.63, 3.8) is 0 Å². The van der Waals surface area contributed by atoms with Crippen molar-refractivity contribution >= 4 is 29.1 Å². The molecule has 1 aliphatic carbocycles. The molecular formula is C23H21ClFNO2. The zero-order valence-electron chi connectivity index (χ0n) is 15.9. The van der Waals surface area contributed by atoms with Crippen molar-refractivity contribution in [1.82, 2.24) is 0 Å². The number of carbonyl (C=O) groups excluding carboxylic acids is 2. The minimum Gasteiger partial charge on any atom is -0.269 e. The number of hydrogen-bond acceptors (Lipinski definition) is 2. The Balaban J connectivity index is 1.73. The summed E-state index contributed by atoms with van der Waals surface area (Å²) in [7, 11) is 0. The smallest absolute Gasteiger partial charge is 0.261 e. The summed E-state index contributed by atoms with van der Waals surface area (Å²) in [6.45, 7) is 4.02. The maximum Gasteiger partial charge on any atom is 0.261 e. The number of carbonyl (C=O) groups is 2. The largest absolute Gasteiger partial charge is 0.269 e. The van der Waals surface area contributed by atoms with E-state index >= 15 is 0 Å². The first-order valence-corrected chi connectivity index (χ1v) is 9.89. The molecule has 1 aliphatic heterocycles. The van der Waals surface area contributed by atoms with Gasteiger partial charge in [0.1, 0.15) is 5.82 Å². The minimum absolute atomic E-state index is 0.00546. The van der Waals surface area contributed by atoms with Crippen LogP contribution in [0.4, 0.5) is 10.1 Å². The van der Waals surface area contributed by atoms with E-state index in [4.69, 9.17) is 11.6 Å². The molecule has 2 amide bonds. The van der Waals surface area contributed by atoms with Gasteiger partial charge in [-0.1, -0.05) is 35.4 Å². The third-order valence-corrected chi connectivity index (χ3v) is 5.98. The van der Waals surface area contributed by atoms with E-state index in [1.54, 1.807) is 6.07 Å². The molecule has 0 aromatic heterocycles. The summed E-state index contributed by atoms with van der Waals surface area (Å²) in [5.41, 5.74) is 5.09. The molecule has 0 N–H and O–H groups in total. The summed E-state index contributed by atoms with van der Waals surface area (Å²) in [6.07, 6.45) is 3.43. The van der Waals surface area contributed by atoms with Crippen LogP contribution in [0.3, 0.4) is 0 Å². The molecule has 5 heteroatoms. The number of amides is 2. The van der Waals surface area contributed by atoms with Gasteiger partial charge in [-0.15, -0.1) is 0 Å². The van der Waals surface area contributed by atoms with Crippen molar-refractivity contribution in [2.24, 2.45) is 0 Å². The Morgan fingerprint density at radius 3 is 2.25 bits per heavy atom. The molecular weight excluding hydrogens is 377 g/mol. The number of imide groups is 1. The lowest BCUT2D eigenvalue weighted by atomic mass is 9.93. The van der Waals surface area contributed by atoms with Crippen molar-refractivity contribution in [1.29, 1.82) is 0 Å². The molecule has 28 heavy (non-hydrogen) atoms. The van der Waals surface area contributed by atoms with Gasteiger partial charge in [0, 0.05) is 16.2 Å². The first-order chi connectivity index (χ1) is 13.4. The third-order valence-electron chi connectivity index (χ3n) is 5.63. The predicted molar refractivity (Wildman–Crippen MR) is 108 cm³/mol. The average molecular weight is 398 g/mol. The molecule has 0 saturated carbocycles. The van der Waals surface area contributed by atoms with Gasteiger partial charge in [0.05, 0.1) is 5.69 Å². The molecule has 0 radical (unpaired) electrons. The maximum atomic E-state index is 14.7. The number of aryl methyl sites for hydroxylation is 2. The molecule has 4 rings (SSSR count). The fourth-order valence-corrected chi connectivity index (χ4v) is 4.26. The second kappa shape index (κ2) is 7.17. The van der Waals surface area contributed by atoms with Gasteiger partial charge in [-0.2, -0.15) is 0 Å². The van der Waals surface area contributed by atoms with Gasteiger partial charge in [-0.3, -0.25) is 9.59 Å². The highest BCUT2D eigenvalue weighted by Crippen LogP contribution is 2.38. The summed E-state index contributed by atoms with van der Waals surface area (Å²) >= 11 is 6.31. The molecule has 0 spiro atoms. The lowest BCUT2D eigenvalue weighted by molar-refractivity contribution is -0.120. The molecule has 0 fully saturated rings. The van der Waals surface area contributed by atoms with Crippen LogP contribution in [-0.4, -0.2) is 11.8 Å². The van der Waals surface area contributed by atoms with Crippen molar-refractivity contribution in [3.05, 3.63) is 74.6 Å². The topological polar surface area (TPSA) is 37.4 Å². The quantitative estimate of drug-likeness (QED) is 0.647. The highest BCUT2D eigenvalue weighted by atomic mass is 35.5. The first-order valence-electron chi connectivity index (χ1n) is 9.51. The van der Waals surface area contributed by atoms with Gasteiger partial charge in [-0.25, -0.2) is 9.29 Å². The van der Waals surface area contributed by atoms with E-state index in [-0.39, 0.29) is 5.69 Å². The molecule has 2 aromatic rings. The average Bonchev–Trinajstić information content (AvgIpc) is 2.92. The van der Waals surface area contributed by atoms with E-state index in [0.29, 0.717) is 41.0 Å². The summed E-state index contributed by atoms with van der Waals surface area (Å²) in [5, 5.41) is 0.291. The SMILES string of the molecule is Cc1ccc(C)c(Cc2cc(N3C(=O)C4=C(CCCC4)C3=O)c(F)cc2Cl)c1. The molecule has 144 valence electrons. The Hall–Kier alpha value is -2.46. The normalized spacial score (nSPS) is 16.8. The monoisotopic (exact) mass is 397 g/mol. The number of halogens is 2. The van der Waals surface area contributed by atoms with E-state index < -0.39 is 17.6 Å². The van der Waals surface area contributed by atoms with Crippen molar-refractivity contribution in [2.45, 2.75) is 46.0 Å². The Morgan fingerprint density at radius 2 is 1.61 bits per heavy atom. The number of anilines is 1. The number of benzene rings is 2. The molecule has 2 aliphatic rings. The highest BCUT2D eigenvalue weighted by Gasteiger charge is 2.40. The second-order valence-electron chi connectivity index (χ2n) is 7.61. The van der Waals surface area contributed by atoms with E-state index in [2.05, 4.69) is 6.07 Å². The zero-order chi connectivity index (χ0) is 20.0. The van der Waals surface area contributed by atoms with Gasteiger partial charge in [0.15, 0.2) is 0 Å². The van der Waals surface area contributed by atoms with Crippen LogP contribution in [0.25, 0.3) is 0 Å². The maximum absolute atomic E-state index is 14.7. The Bertz CT molecular complexity index is 1010. The first kappa shape index (κ1) is 18.9. The van der Waals surface area contributed by atoms with E-state index in [9.17, 15) is 14.0 Å². The Labute approximate surface area is 168 Å². The fourth-order valence-electron chi connectivity index (χ4n) is 4.04. The molecule has 2 aromatic carbocycles. The predicted octanol–water partition coefficient (Wildman–Crippen LogP) is 5.43. The fraction of sp³-hybridized carbons (Fsp3) is 0.304. The molecule has 0 atom stereocenters. The highest BCUT2D eigenvalue weighted by molar-refractivity contribution is 6.34. The lowest BCUT2D eigenvalue weighted by Gasteiger charge is -2.18. The van der Waals surface area contributed by atoms with Gasteiger partial charge >= 0.3 is 0 Å². The summed E-state index contributed by atoms with van der Waals surface area (Å²) in [6, 6.07) is 8.90. The summed E-state index contributed by atoms with van der Waals surface area (Å²) < 4.78 is 14.7. The van der Waals surface area contributed by atoms with Crippen molar-refractivity contribution in [2.75, 3.05) is 4.90 Å². The van der Waals surface area contributed by atoms with E-state index in [1.165, 1.54) is 6.07 Å². The molecule has 1 heterocycles. The van der Waals surface area contributed by atoms with Gasteiger partial charge < -0.3 is 0 Å². The standard InChI is InChI=1S/C23H21ClFNO2/c1-13-7-8-14(2)15(9-13)10-16-11-21(20(25)12-19(16)24)26-22(27)17-5-3-4-6-18(17)23(26)28/h7-9,11-12H,3-6,10H2,1-2H3. The van der Waals surface area contributed by atoms with Crippen molar-refractivity contribution < 1.29 is 14.0 Å². The molecule has 3 nitrogen and oxygen atoms in total. The molecule has 0 saturated heterocycles. The van der Waals surface area contributed by atoms with Gasteiger partial charge in [0.2, 0.25) is 0 Å². The zero-order valence-corrected chi connectivity index (χ0v) is 16.7. The van der Waals surface area contributed by atoms with Crippen LogP contribution < -0.4 is 4.90 Å². The van der Waals surface area contributed by atoms with Crippen LogP contribution in [0.5, 0.6) is 0 Å². The van der Waals surface area contributed by atoms with Crippen LogP contribution in [0.1, 0.15) is 47.9 Å². The van der Waals surface area contributed by atoms with Crippen molar-refractivity contribution in [3.8, 4) is 0 Å². The van der Waals surface area contributed by atoms with Crippen LogP contribution in [0, 0.1) is 19.7 Å². The van der Waals surface area contributed by atoms with Gasteiger partial charge in [0.25, 0.3) is 11.8 Å². The Morgan fingerprint density at radius 1 is 0.964 bits per heavy atom. The molecule has 0 unspecified atom stereocenters. The number of hydrogen-bond donors (Lipinski definition) is 0. The second-order valence-corrected chi connectivity index (χ2v) is 8.02. The summed E-state index contributed by atoms with van der Waals surface area (Å²) in [4.78, 5) is 26.6. The van der Waals surface area contributed by atoms with Crippen LogP contribution in [0.2, 0.25) is 5.02 Å². The third kappa shape index (κ3) is 3.16. The summed E-state index contributed by atoms with van der Waals surface area (Å²) in [5.74, 6) is -1.44. The Kier molecular flexibility index (Phi) is 4.84.